The van der Waals surface area contributed by atoms with Gasteiger partial charge in [0.1, 0.15) is 11.3 Å². The number of fused-ring (bicyclic) bond motifs is 1. The lowest BCUT2D eigenvalue weighted by Crippen LogP contribution is -2.36. The van der Waals surface area contributed by atoms with Crippen molar-refractivity contribution in [3.8, 4) is 11.1 Å². The molecule has 1 saturated heterocycles. The number of aromatic nitrogens is 5. The minimum Gasteiger partial charge on any atom is -0.508 e. The quantitative estimate of drug-likeness (QED) is 0.461. The number of benzene rings is 2. The van der Waals surface area contributed by atoms with Gasteiger partial charge in [-0.3, -0.25) is 0 Å². The summed E-state index contributed by atoms with van der Waals surface area (Å²) in [5, 5.41) is 18.6. The Bertz CT molecular complexity index is 1260. The van der Waals surface area contributed by atoms with Crippen molar-refractivity contribution in [2.45, 2.75) is 32.2 Å². The van der Waals surface area contributed by atoms with Gasteiger partial charge in [0.15, 0.2) is 0 Å². The van der Waals surface area contributed by atoms with Crippen molar-refractivity contribution in [2.75, 3.05) is 18.0 Å². The molecule has 1 fully saturated rings. The zero-order valence-electron chi connectivity index (χ0n) is 18.1. The van der Waals surface area contributed by atoms with E-state index in [2.05, 4.69) is 61.6 Å². The van der Waals surface area contributed by atoms with Crippen LogP contribution in [0.2, 0.25) is 0 Å². The Kier molecular flexibility index (Phi) is 5.31. The Morgan fingerprint density at radius 3 is 2.53 bits per heavy atom. The molecule has 0 unspecified atom stereocenters. The summed E-state index contributed by atoms with van der Waals surface area (Å²) in [5.41, 5.74) is 5.83. The first kappa shape index (κ1) is 20.2. The number of aryl methyl sites for hydroxylation is 1. The number of piperidine rings is 1. The topological polar surface area (TPSA) is 80.0 Å². The van der Waals surface area contributed by atoms with Gasteiger partial charge in [0.25, 0.3) is 0 Å². The Morgan fingerprint density at radius 1 is 1.06 bits per heavy atom. The van der Waals surface area contributed by atoms with Crippen LogP contribution in [0.15, 0.2) is 61.4 Å². The third kappa shape index (κ3) is 3.82. The molecule has 0 amide bonds. The Balaban J connectivity index is 1.33. The molecule has 2 aromatic carbocycles. The van der Waals surface area contributed by atoms with Crippen LogP contribution in [-0.2, 0) is 6.42 Å². The molecule has 0 saturated carbocycles. The van der Waals surface area contributed by atoms with E-state index in [1.165, 1.54) is 0 Å². The van der Waals surface area contributed by atoms with Gasteiger partial charge in [-0.25, -0.2) is 14.6 Å². The van der Waals surface area contributed by atoms with E-state index in [9.17, 15) is 5.11 Å². The maximum atomic E-state index is 9.70. The van der Waals surface area contributed by atoms with Gasteiger partial charge in [-0.2, -0.15) is 0 Å². The molecule has 1 aliphatic heterocycles. The second-order valence-corrected chi connectivity index (χ2v) is 8.23. The number of hydrogen-bond acceptors (Lipinski definition) is 6. The van der Waals surface area contributed by atoms with Crippen molar-refractivity contribution in [3.05, 3.63) is 72.6 Å². The molecule has 5 rings (SSSR count). The fourth-order valence-corrected chi connectivity index (χ4v) is 4.27. The minimum absolute atomic E-state index is 0.0666. The Morgan fingerprint density at radius 2 is 1.81 bits per heavy atom. The first-order valence-corrected chi connectivity index (χ1v) is 11.0. The number of aliphatic hydroxyl groups excluding tert-OH is 1. The molecule has 7 heteroatoms. The molecule has 0 spiro atoms. The molecule has 0 aliphatic carbocycles. The molecule has 0 radical (unpaired) electrons. The van der Waals surface area contributed by atoms with Crippen LogP contribution in [0, 0.1) is 0 Å². The molecule has 32 heavy (non-hydrogen) atoms. The first-order chi connectivity index (χ1) is 15.6. The third-order valence-corrected chi connectivity index (χ3v) is 6.19. The van der Waals surface area contributed by atoms with Crippen molar-refractivity contribution in [3.63, 3.8) is 0 Å². The highest BCUT2D eigenvalue weighted by molar-refractivity contribution is 5.82. The summed E-state index contributed by atoms with van der Waals surface area (Å²) in [6.45, 7) is 7.52. The summed E-state index contributed by atoms with van der Waals surface area (Å²) < 4.78 is 2.06. The third-order valence-electron chi connectivity index (χ3n) is 6.19. The number of hydrogen-bond donors (Lipinski definition) is 1. The van der Waals surface area contributed by atoms with E-state index in [-0.39, 0.29) is 5.76 Å². The van der Waals surface area contributed by atoms with Crippen molar-refractivity contribution in [1.29, 1.82) is 0 Å². The standard InChI is InChI=1S/C25H26N6O/c1-3-18-15-26-25(27-16-18)30-11-9-22(10-12-30)31-24-8-7-21(14-23(24)28-29-31)20-6-4-5-19(13-20)17(2)32/h4-8,13-16,22,32H,2-3,9-12H2,1H3. The van der Waals surface area contributed by atoms with Gasteiger partial charge in [-0.1, -0.05) is 43.0 Å². The van der Waals surface area contributed by atoms with E-state index < -0.39 is 0 Å². The lowest BCUT2D eigenvalue weighted by atomic mass is 10.0. The summed E-state index contributed by atoms with van der Waals surface area (Å²) >= 11 is 0. The predicted octanol–water partition coefficient (Wildman–Crippen LogP) is 4.82. The van der Waals surface area contributed by atoms with Crippen LogP contribution in [0.25, 0.3) is 27.9 Å². The molecule has 162 valence electrons. The smallest absolute Gasteiger partial charge is 0.225 e. The first-order valence-electron chi connectivity index (χ1n) is 11.0. The van der Waals surface area contributed by atoms with E-state index in [1.54, 1.807) is 0 Å². The van der Waals surface area contributed by atoms with Crippen LogP contribution in [0.1, 0.15) is 36.9 Å². The van der Waals surface area contributed by atoms with Gasteiger partial charge < -0.3 is 10.0 Å². The Labute approximate surface area is 187 Å². The maximum absolute atomic E-state index is 9.70. The van der Waals surface area contributed by atoms with E-state index in [0.29, 0.717) is 11.6 Å². The predicted molar refractivity (Wildman–Crippen MR) is 127 cm³/mol. The SMILES string of the molecule is C=C(O)c1cccc(-c2ccc3c(c2)nnn3C2CCN(c3ncc(CC)cn3)CC2)c1. The van der Waals surface area contributed by atoms with Crippen molar-refractivity contribution < 1.29 is 5.11 Å². The molecule has 0 bridgehead atoms. The van der Waals surface area contributed by atoms with Crippen LogP contribution < -0.4 is 4.90 Å². The zero-order chi connectivity index (χ0) is 22.1. The van der Waals surface area contributed by atoms with Crippen LogP contribution in [0.4, 0.5) is 5.95 Å². The fourth-order valence-electron chi connectivity index (χ4n) is 4.27. The number of anilines is 1. The van der Waals surface area contributed by atoms with Crippen LogP contribution in [0.3, 0.4) is 0 Å². The summed E-state index contributed by atoms with van der Waals surface area (Å²) in [5.74, 6) is 0.874. The molecule has 3 heterocycles. The monoisotopic (exact) mass is 426 g/mol. The maximum Gasteiger partial charge on any atom is 0.225 e. The van der Waals surface area contributed by atoms with Crippen LogP contribution in [0.5, 0.6) is 0 Å². The van der Waals surface area contributed by atoms with E-state index >= 15 is 0 Å². The molecule has 7 nitrogen and oxygen atoms in total. The van der Waals surface area contributed by atoms with E-state index in [4.69, 9.17) is 0 Å². The summed E-state index contributed by atoms with van der Waals surface area (Å²) in [6, 6.07) is 14.2. The average molecular weight is 427 g/mol. The van der Waals surface area contributed by atoms with Gasteiger partial charge in [0, 0.05) is 31.0 Å². The fraction of sp³-hybridized carbons (Fsp3) is 0.280. The highest BCUT2D eigenvalue weighted by atomic mass is 16.3. The highest BCUT2D eigenvalue weighted by Gasteiger charge is 2.24. The second-order valence-electron chi connectivity index (χ2n) is 8.23. The van der Waals surface area contributed by atoms with Gasteiger partial charge in [0.05, 0.1) is 11.6 Å². The lowest BCUT2D eigenvalue weighted by Gasteiger charge is -2.32. The molecular weight excluding hydrogens is 400 g/mol. The zero-order valence-corrected chi connectivity index (χ0v) is 18.1. The largest absolute Gasteiger partial charge is 0.508 e. The number of rotatable bonds is 5. The van der Waals surface area contributed by atoms with Gasteiger partial charge >= 0.3 is 0 Å². The van der Waals surface area contributed by atoms with Gasteiger partial charge in [-0.15, -0.1) is 5.10 Å². The molecule has 4 aromatic rings. The van der Waals surface area contributed by atoms with Crippen molar-refractivity contribution in [1.82, 2.24) is 25.0 Å². The van der Waals surface area contributed by atoms with Gasteiger partial charge in [0.2, 0.25) is 5.95 Å². The Hall–Kier alpha value is -3.74. The summed E-state index contributed by atoms with van der Waals surface area (Å²) in [4.78, 5) is 11.3. The van der Waals surface area contributed by atoms with Crippen LogP contribution in [-0.4, -0.2) is 43.2 Å². The van der Waals surface area contributed by atoms with E-state index in [1.807, 2.05) is 36.7 Å². The molecule has 0 atom stereocenters. The molecule has 1 N–H and O–H groups in total. The van der Waals surface area contributed by atoms with Crippen molar-refractivity contribution in [2.24, 2.45) is 0 Å². The van der Waals surface area contributed by atoms with Crippen molar-refractivity contribution >= 4 is 22.7 Å². The second kappa shape index (κ2) is 8.42. The number of nitrogens with zero attached hydrogens (tertiary/aromatic N) is 6. The average Bonchev–Trinajstić information content (AvgIpc) is 3.27. The molecular formula is C25H26N6O. The normalized spacial score (nSPS) is 14.7. The van der Waals surface area contributed by atoms with Gasteiger partial charge in [-0.05, 0) is 54.2 Å². The summed E-state index contributed by atoms with van der Waals surface area (Å²) in [7, 11) is 0. The minimum atomic E-state index is 0.0666. The molecule has 1 aliphatic rings. The number of aliphatic hydroxyl groups is 1. The lowest BCUT2D eigenvalue weighted by molar-refractivity contribution is 0.367. The molecule has 2 aromatic heterocycles. The summed E-state index contributed by atoms with van der Waals surface area (Å²) in [6.07, 6.45) is 6.73. The van der Waals surface area contributed by atoms with Crippen LogP contribution >= 0.6 is 0 Å². The highest BCUT2D eigenvalue weighted by Crippen LogP contribution is 2.30. The van der Waals surface area contributed by atoms with E-state index in [0.717, 1.165) is 66.0 Å².